The van der Waals surface area contributed by atoms with Gasteiger partial charge in [-0.2, -0.15) is 0 Å². The summed E-state index contributed by atoms with van der Waals surface area (Å²) < 4.78 is 0. The second kappa shape index (κ2) is 4.38. The van der Waals surface area contributed by atoms with Gasteiger partial charge < -0.3 is 0 Å². The van der Waals surface area contributed by atoms with Crippen LogP contribution in [-0.2, 0) is 0 Å². The third-order valence-electron chi connectivity index (χ3n) is 2.37. The van der Waals surface area contributed by atoms with Crippen LogP contribution in [0.2, 0.25) is 0 Å². The van der Waals surface area contributed by atoms with Crippen molar-refractivity contribution in [1.29, 1.82) is 0 Å². The molecule has 0 amide bonds. The zero-order valence-corrected chi connectivity index (χ0v) is 7.47. The second-order valence-corrected chi connectivity index (χ2v) is 3.58. The van der Waals surface area contributed by atoms with Crippen molar-refractivity contribution in [2.75, 3.05) is 0 Å². The largest absolute Gasteiger partial charge is 0.103 e. The van der Waals surface area contributed by atoms with Gasteiger partial charge in [-0.1, -0.05) is 24.6 Å². The van der Waals surface area contributed by atoms with Crippen molar-refractivity contribution in [2.45, 2.75) is 39.0 Å². The highest BCUT2D eigenvalue weighted by Gasteiger charge is 2.13. The fourth-order valence-corrected chi connectivity index (χ4v) is 1.67. The molecule has 1 rings (SSSR count). The third-order valence-corrected chi connectivity index (χ3v) is 2.37. The summed E-state index contributed by atoms with van der Waals surface area (Å²) in [7, 11) is 0. The highest BCUT2D eigenvalue weighted by atomic mass is 14.2. The van der Waals surface area contributed by atoms with Crippen molar-refractivity contribution in [2.24, 2.45) is 5.92 Å². The Bertz CT molecular complexity index is 153. The molecule has 0 radical (unpaired) electrons. The lowest BCUT2D eigenvalue weighted by Gasteiger charge is -1.95. The summed E-state index contributed by atoms with van der Waals surface area (Å²) in [4.78, 5) is 0. The highest BCUT2D eigenvalue weighted by Crippen LogP contribution is 2.29. The van der Waals surface area contributed by atoms with E-state index in [1.54, 1.807) is 5.57 Å². The monoisotopic (exact) mass is 150 g/mol. The Labute approximate surface area is 70.0 Å². The minimum absolute atomic E-state index is 0.935. The summed E-state index contributed by atoms with van der Waals surface area (Å²) >= 11 is 0. The molecule has 0 aromatic heterocycles. The maximum absolute atomic E-state index is 3.71. The lowest BCUT2D eigenvalue weighted by Crippen LogP contribution is -1.80. The molecule has 62 valence electrons. The van der Waals surface area contributed by atoms with Gasteiger partial charge in [-0.15, -0.1) is 6.58 Å². The average Bonchev–Trinajstić information content (AvgIpc) is 2.37. The Morgan fingerprint density at radius 1 is 1.55 bits per heavy atom. The number of hydrogen-bond acceptors (Lipinski definition) is 0. The van der Waals surface area contributed by atoms with Gasteiger partial charge in [0.05, 0.1) is 0 Å². The summed E-state index contributed by atoms with van der Waals surface area (Å²) in [6, 6.07) is 0. The Morgan fingerprint density at radius 2 is 2.36 bits per heavy atom. The zero-order valence-electron chi connectivity index (χ0n) is 7.47. The van der Waals surface area contributed by atoms with Crippen molar-refractivity contribution in [3.05, 3.63) is 24.3 Å². The van der Waals surface area contributed by atoms with Crippen LogP contribution in [0.25, 0.3) is 0 Å². The van der Waals surface area contributed by atoms with E-state index in [0.29, 0.717) is 0 Å². The van der Waals surface area contributed by atoms with Gasteiger partial charge in [0.15, 0.2) is 0 Å². The number of allylic oxidation sites excluding steroid dienone is 3. The minimum Gasteiger partial charge on any atom is -0.103 e. The van der Waals surface area contributed by atoms with E-state index in [2.05, 4.69) is 19.6 Å². The van der Waals surface area contributed by atoms with Gasteiger partial charge in [0, 0.05) is 0 Å². The lowest BCUT2D eigenvalue weighted by atomic mass is 10.1. The van der Waals surface area contributed by atoms with Gasteiger partial charge in [-0.3, -0.25) is 0 Å². The van der Waals surface area contributed by atoms with Gasteiger partial charge in [0.1, 0.15) is 0 Å². The third kappa shape index (κ3) is 2.92. The first kappa shape index (κ1) is 8.58. The smallest absolute Gasteiger partial charge is 0.0294 e. The summed E-state index contributed by atoms with van der Waals surface area (Å²) in [5, 5.41) is 0. The average molecular weight is 150 g/mol. The van der Waals surface area contributed by atoms with E-state index in [9.17, 15) is 0 Å². The number of hydrogen-bond donors (Lipinski definition) is 0. The van der Waals surface area contributed by atoms with E-state index in [4.69, 9.17) is 0 Å². The number of unbranched alkanes of at least 4 members (excludes halogenated alkanes) is 1. The molecule has 1 aliphatic rings. The summed E-state index contributed by atoms with van der Waals surface area (Å²) in [6.07, 6.45) is 10.8. The van der Waals surface area contributed by atoms with E-state index < -0.39 is 0 Å². The summed E-state index contributed by atoms with van der Waals surface area (Å²) in [5.41, 5.74) is 1.68. The molecule has 0 heteroatoms. The van der Waals surface area contributed by atoms with E-state index in [0.717, 1.165) is 12.3 Å². The molecule has 0 aromatic carbocycles. The van der Waals surface area contributed by atoms with Crippen LogP contribution in [0.5, 0.6) is 0 Å². The fraction of sp³-hybridized carbons (Fsp3) is 0.636. The lowest BCUT2D eigenvalue weighted by molar-refractivity contribution is 0.620. The van der Waals surface area contributed by atoms with Gasteiger partial charge in [-0.25, -0.2) is 0 Å². The predicted molar refractivity (Wildman–Crippen MR) is 50.5 cm³/mol. The molecular formula is C11H18. The van der Waals surface area contributed by atoms with Crippen LogP contribution in [0.3, 0.4) is 0 Å². The standard InChI is InChI=1S/C11H18/c1-3-4-5-6-11-8-7-10(2)9-11/h3,6,10H,1,4-5,7-9H2,2H3. The van der Waals surface area contributed by atoms with E-state index >= 15 is 0 Å². The number of rotatable bonds is 3. The Hall–Kier alpha value is -0.520. The maximum Gasteiger partial charge on any atom is -0.0294 e. The molecule has 0 N–H and O–H groups in total. The first-order valence-corrected chi connectivity index (χ1v) is 4.61. The minimum atomic E-state index is 0.935. The molecule has 0 bridgehead atoms. The van der Waals surface area contributed by atoms with Gasteiger partial charge in [0.25, 0.3) is 0 Å². The van der Waals surface area contributed by atoms with Crippen molar-refractivity contribution in [3.8, 4) is 0 Å². The van der Waals surface area contributed by atoms with Crippen molar-refractivity contribution < 1.29 is 0 Å². The molecule has 0 spiro atoms. The first-order valence-electron chi connectivity index (χ1n) is 4.61. The van der Waals surface area contributed by atoms with Crippen molar-refractivity contribution in [1.82, 2.24) is 0 Å². The molecule has 1 atom stereocenters. The zero-order chi connectivity index (χ0) is 8.10. The molecule has 0 aliphatic heterocycles. The molecule has 0 nitrogen and oxygen atoms in total. The molecule has 1 saturated carbocycles. The van der Waals surface area contributed by atoms with Gasteiger partial charge >= 0.3 is 0 Å². The summed E-state index contributed by atoms with van der Waals surface area (Å²) in [6.45, 7) is 6.05. The molecular weight excluding hydrogens is 132 g/mol. The normalized spacial score (nSPS) is 27.7. The van der Waals surface area contributed by atoms with Crippen LogP contribution in [0, 0.1) is 5.92 Å². The molecule has 1 unspecified atom stereocenters. The van der Waals surface area contributed by atoms with Crippen LogP contribution in [0.15, 0.2) is 24.3 Å². The van der Waals surface area contributed by atoms with Crippen LogP contribution in [-0.4, -0.2) is 0 Å². The van der Waals surface area contributed by atoms with Gasteiger partial charge in [-0.05, 0) is 38.0 Å². The Kier molecular flexibility index (Phi) is 3.41. The molecule has 0 saturated heterocycles. The fourth-order valence-electron chi connectivity index (χ4n) is 1.67. The van der Waals surface area contributed by atoms with Gasteiger partial charge in [0.2, 0.25) is 0 Å². The SMILES string of the molecule is C=CCCC=C1CCC(C)C1. The van der Waals surface area contributed by atoms with Crippen LogP contribution >= 0.6 is 0 Å². The highest BCUT2D eigenvalue weighted by molar-refractivity contribution is 5.07. The van der Waals surface area contributed by atoms with Crippen LogP contribution in [0.1, 0.15) is 39.0 Å². The maximum atomic E-state index is 3.71. The molecule has 0 aromatic rings. The topological polar surface area (TPSA) is 0 Å². The Balaban J connectivity index is 2.24. The molecule has 1 fully saturated rings. The predicted octanol–water partition coefficient (Wildman–Crippen LogP) is 3.70. The first-order chi connectivity index (χ1) is 5.33. The van der Waals surface area contributed by atoms with E-state index in [1.807, 2.05) is 6.08 Å². The quantitative estimate of drug-likeness (QED) is 0.425. The van der Waals surface area contributed by atoms with Crippen LogP contribution in [0.4, 0.5) is 0 Å². The van der Waals surface area contributed by atoms with E-state index in [1.165, 1.54) is 25.7 Å². The molecule has 1 aliphatic carbocycles. The van der Waals surface area contributed by atoms with Crippen molar-refractivity contribution >= 4 is 0 Å². The second-order valence-electron chi connectivity index (χ2n) is 3.58. The molecule has 0 heterocycles. The van der Waals surface area contributed by atoms with Crippen molar-refractivity contribution in [3.63, 3.8) is 0 Å². The van der Waals surface area contributed by atoms with Crippen LogP contribution < -0.4 is 0 Å². The Morgan fingerprint density at radius 3 is 2.91 bits per heavy atom. The summed E-state index contributed by atoms with van der Waals surface area (Å²) in [5.74, 6) is 0.935. The van der Waals surface area contributed by atoms with E-state index in [-0.39, 0.29) is 0 Å². The molecule has 11 heavy (non-hydrogen) atoms.